The zero-order chi connectivity index (χ0) is 26.9. The van der Waals surface area contributed by atoms with E-state index in [1.165, 1.54) is 18.6 Å². The van der Waals surface area contributed by atoms with Crippen LogP contribution in [0, 0.1) is 12.8 Å². The largest absolute Gasteiger partial charge is 0.573 e. The lowest BCUT2D eigenvalue weighted by molar-refractivity contribution is -0.274. The van der Waals surface area contributed by atoms with Crippen LogP contribution < -0.4 is 10.1 Å². The first-order valence-electron chi connectivity index (χ1n) is 12.7. The first-order chi connectivity index (χ1) is 16.5. The first kappa shape index (κ1) is 28.1. The van der Waals surface area contributed by atoms with Crippen LogP contribution in [0.4, 0.5) is 13.2 Å². The third kappa shape index (κ3) is 7.51. The summed E-state index contributed by atoms with van der Waals surface area (Å²) in [7, 11) is 0. The van der Waals surface area contributed by atoms with Crippen molar-refractivity contribution in [1.29, 1.82) is 0 Å². The average molecular weight is 509 g/mol. The summed E-state index contributed by atoms with van der Waals surface area (Å²) >= 11 is 0. The Morgan fingerprint density at radius 3 is 2.25 bits per heavy atom. The molecule has 1 saturated carbocycles. The number of rotatable bonds is 7. The highest BCUT2D eigenvalue weighted by atomic mass is 19.4. The maximum atomic E-state index is 13.1. The van der Waals surface area contributed by atoms with E-state index < -0.39 is 17.4 Å². The number of amides is 1. The zero-order valence-electron chi connectivity index (χ0n) is 22.2. The van der Waals surface area contributed by atoms with E-state index in [-0.39, 0.29) is 18.2 Å². The molecule has 1 fully saturated rings. The van der Waals surface area contributed by atoms with Gasteiger partial charge >= 0.3 is 6.36 Å². The normalized spacial score (nSPS) is 15.7. The minimum absolute atomic E-state index is 0.0808. The second-order valence-electron chi connectivity index (χ2n) is 11.7. The van der Waals surface area contributed by atoms with Crippen LogP contribution in [0.2, 0.25) is 0 Å². The molecule has 2 N–H and O–H groups in total. The Morgan fingerprint density at radius 2 is 1.69 bits per heavy atom. The Bertz CT molecular complexity index is 1070. The molecule has 2 aromatic rings. The molecular formula is C28H39F3N2O3. The summed E-state index contributed by atoms with van der Waals surface area (Å²) in [6.45, 7) is 11.7. The number of alkyl halides is 3. The summed E-state index contributed by atoms with van der Waals surface area (Å²) in [5.41, 5.74) is 1.68. The van der Waals surface area contributed by atoms with Crippen LogP contribution in [-0.4, -0.2) is 34.1 Å². The standard InChI is InChI=1S/C28H39F3N2O3/c1-18-23(25(34)32-17-27(5,6)35)15-24(33(18)16-19-10-8-7-9-11-19)20-12-21(26(2,3)4)14-22(13-20)36-28(29,30)31/h12-15,19,35H,7-11,16-17H2,1-6H3,(H,32,34). The van der Waals surface area contributed by atoms with Gasteiger partial charge in [0.15, 0.2) is 0 Å². The molecule has 0 aliphatic heterocycles. The Morgan fingerprint density at radius 1 is 1.06 bits per heavy atom. The SMILES string of the molecule is Cc1c(C(=O)NCC(C)(C)O)cc(-c2cc(OC(F)(F)F)cc(C(C)(C)C)c2)n1CC1CCCCC1. The molecule has 36 heavy (non-hydrogen) atoms. The van der Waals surface area contributed by atoms with E-state index in [2.05, 4.69) is 14.6 Å². The summed E-state index contributed by atoms with van der Waals surface area (Å²) in [5.74, 6) is -0.161. The molecule has 3 rings (SSSR count). The van der Waals surface area contributed by atoms with Crippen molar-refractivity contribution >= 4 is 5.91 Å². The summed E-state index contributed by atoms with van der Waals surface area (Å²) in [4.78, 5) is 13.1. The third-order valence-electron chi connectivity index (χ3n) is 6.76. The number of hydrogen-bond donors (Lipinski definition) is 2. The van der Waals surface area contributed by atoms with Crippen molar-refractivity contribution in [2.45, 2.75) is 97.6 Å². The molecule has 200 valence electrons. The molecule has 1 aliphatic rings. The number of nitrogens with one attached hydrogen (secondary N) is 1. The van der Waals surface area contributed by atoms with Gasteiger partial charge in [0.05, 0.1) is 11.2 Å². The van der Waals surface area contributed by atoms with Crippen molar-refractivity contribution in [3.05, 3.63) is 41.1 Å². The molecule has 0 bridgehead atoms. The molecule has 0 saturated heterocycles. The number of carbonyl (C=O) groups is 1. The monoisotopic (exact) mass is 508 g/mol. The van der Waals surface area contributed by atoms with Gasteiger partial charge in [0, 0.05) is 30.0 Å². The van der Waals surface area contributed by atoms with E-state index in [1.807, 2.05) is 33.8 Å². The molecule has 1 aliphatic carbocycles. The fourth-order valence-corrected chi connectivity index (χ4v) is 4.74. The molecule has 1 heterocycles. The van der Waals surface area contributed by atoms with E-state index >= 15 is 0 Å². The van der Waals surface area contributed by atoms with E-state index in [0.29, 0.717) is 34.8 Å². The topological polar surface area (TPSA) is 63.5 Å². The Hall–Kier alpha value is -2.48. The summed E-state index contributed by atoms with van der Waals surface area (Å²) < 4.78 is 45.8. The van der Waals surface area contributed by atoms with Crippen molar-refractivity contribution < 1.29 is 27.8 Å². The van der Waals surface area contributed by atoms with Crippen molar-refractivity contribution in [2.75, 3.05) is 6.54 Å². The highest BCUT2D eigenvalue weighted by molar-refractivity contribution is 5.97. The van der Waals surface area contributed by atoms with Gasteiger partial charge in [-0.05, 0) is 74.8 Å². The van der Waals surface area contributed by atoms with E-state index in [0.717, 1.165) is 31.4 Å². The van der Waals surface area contributed by atoms with E-state index in [4.69, 9.17) is 0 Å². The predicted molar refractivity (Wildman–Crippen MR) is 135 cm³/mol. The molecular weight excluding hydrogens is 469 g/mol. The summed E-state index contributed by atoms with van der Waals surface area (Å²) in [6.07, 6.45) is 0.883. The molecule has 1 amide bonds. The second kappa shape index (κ2) is 10.5. The van der Waals surface area contributed by atoms with Gasteiger partial charge in [-0.2, -0.15) is 0 Å². The molecule has 0 spiro atoms. The Balaban J connectivity index is 2.12. The fraction of sp³-hybridized carbons (Fsp3) is 0.607. The number of aromatic nitrogens is 1. The lowest BCUT2D eigenvalue weighted by Crippen LogP contribution is -2.38. The summed E-state index contributed by atoms with van der Waals surface area (Å²) in [6, 6.07) is 6.45. The lowest BCUT2D eigenvalue weighted by Gasteiger charge is -2.25. The molecule has 0 unspecified atom stereocenters. The smallest absolute Gasteiger partial charge is 0.406 e. The molecule has 0 atom stereocenters. The molecule has 1 aromatic carbocycles. The first-order valence-corrected chi connectivity index (χ1v) is 12.7. The summed E-state index contributed by atoms with van der Waals surface area (Å²) in [5, 5.41) is 12.8. The third-order valence-corrected chi connectivity index (χ3v) is 6.76. The van der Waals surface area contributed by atoms with Gasteiger partial charge in [-0.15, -0.1) is 13.2 Å². The molecule has 1 aromatic heterocycles. The van der Waals surface area contributed by atoms with Gasteiger partial charge in [-0.25, -0.2) is 0 Å². The second-order valence-corrected chi connectivity index (χ2v) is 11.7. The van der Waals surface area contributed by atoms with Crippen molar-refractivity contribution in [1.82, 2.24) is 9.88 Å². The number of ether oxygens (including phenoxy) is 1. The maximum absolute atomic E-state index is 13.1. The van der Waals surface area contributed by atoms with Gasteiger partial charge in [-0.3, -0.25) is 4.79 Å². The fourth-order valence-electron chi connectivity index (χ4n) is 4.74. The van der Waals surface area contributed by atoms with Crippen molar-refractivity contribution in [3.8, 4) is 17.0 Å². The number of aliphatic hydroxyl groups is 1. The predicted octanol–water partition coefficient (Wildman–Crippen LogP) is 6.74. The van der Waals surface area contributed by atoms with Gasteiger partial charge < -0.3 is 19.7 Å². The Labute approximate surface area is 212 Å². The average Bonchev–Trinajstić information content (AvgIpc) is 3.06. The van der Waals surface area contributed by atoms with Crippen LogP contribution in [-0.2, 0) is 12.0 Å². The quantitative estimate of drug-likeness (QED) is 0.435. The minimum Gasteiger partial charge on any atom is -0.406 e. The number of carbonyl (C=O) groups excluding carboxylic acids is 1. The van der Waals surface area contributed by atoms with Crippen LogP contribution in [0.1, 0.15) is 88.3 Å². The van der Waals surface area contributed by atoms with Crippen molar-refractivity contribution in [3.63, 3.8) is 0 Å². The van der Waals surface area contributed by atoms with Crippen LogP contribution in [0.3, 0.4) is 0 Å². The van der Waals surface area contributed by atoms with Crippen LogP contribution in [0.15, 0.2) is 24.3 Å². The van der Waals surface area contributed by atoms with Gasteiger partial charge in [0.2, 0.25) is 0 Å². The highest BCUT2D eigenvalue weighted by Crippen LogP contribution is 2.37. The Kier molecular flexibility index (Phi) is 8.18. The molecule has 5 nitrogen and oxygen atoms in total. The molecule has 8 heteroatoms. The number of halogens is 3. The number of benzene rings is 1. The van der Waals surface area contributed by atoms with Crippen LogP contribution in [0.25, 0.3) is 11.3 Å². The van der Waals surface area contributed by atoms with E-state index in [9.17, 15) is 23.1 Å². The minimum atomic E-state index is -4.81. The van der Waals surface area contributed by atoms with Gasteiger partial charge in [0.1, 0.15) is 5.75 Å². The molecule has 0 radical (unpaired) electrons. The van der Waals surface area contributed by atoms with Crippen molar-refractivity contribution in [2.24, 2.45) is 5.92 Å². The van der Waals surface area contributed by atoms with Crippen LogP contribution in [0.5, 0.6) is 5.75 Å². The number of hydrogen-bond acceptors (Lipinski definition) is 3. The number of nitrogens with zero attached hydrogens (tertiary/aromatic N) is 1. The maximum Gasteiger partial charge on any atom is 0.573 e. The van der Waals surface area contributed by atoms with E-state index in [1.54, 1.807) is 19.9 Å². The lowest BCUT2D eigenvalue weighted by atomic mass is 9.85. The van der Waals surface area contributed by atoms with Gasteiger partial charge in [0.25, 0.3) is 5.91 Å². The van der Waals surface area contributed by atoms with Crippen LogP contribution >= 0.6 is 0 Å². The highest BCUT2D eigenvalue weighted by Gasteiger charge is 2.32. The zero-order valence-corrected chi connectivity index (χ0v) is 22.2. The van der Waals surface area contributed by atoms with Gasteiger partial charge in [-0.1, -0.05) is 40.0 Å².